The Kier molecular flexibility index (Phi) is 4.38. The predicted molar refractivity (Wildman–Crippen MR) is 89.7 cm³/mol. The van der Waals surface area contributed by atoms with Crippen molar-refractivity contribution in [3.05, 3.63) is 35.9 Å². The molecule has 1 saturated heterocycles. The highest BCUT2D eigenvalue weighted by Crippen LogP contribution is 2.39. The highest BCUT2D eigenvalue weighted by atomic mass is 32.2. The van der Waals surface area contributed by atoms with Crippen LogP contribution in [-0.2, 0) is 23.2 Å². The zero-order valence-electron chi connectivity index (χ0n) is 14.7. The Bertz CT molecular complexity index is 1110. The number of nitrogens with zero attached hydrogens (tertiary/aromatic N) is 7. The van der Waals surface area contributed by atoms with Crippen LogP contribution >= 0.6 is 0 Å². The number of aryl methyl sites for hydroxylation is 1. The van der Waals surface area contributed by atoms with Gasteiger partial charge >= 0.3 is 6.18 Å². The molecule has 0 amide bonds. The van der Waals surface area contributed by atoms with Gasteiger partial charge in [-0.3, -0.25) is 4.68 Å². The van der Waals surface area contributed by atoms with E-state index in [4.69, 9.17) is 0 Å². The summed E-state index contributed by atoms with van der Waals surface area (Å²) in [5.41, 5.74) is -0.552. The summed E-state index contributed by atoms with van der Waals surface area (Å²) in [4.78, 5) is 3.81. The molecule has 0 saturated carbocycles. The van der Waals surface area contributed by atoms with Crippen LogP contribution in [0.4, 0.5) is 13.2 Å². The fourth-order valence-corrected chi connectivity index (χ4v) is 4.81. The molecule has 0 bridgehead atoms. The Labute approximate surface area is 157 Å². The highest BCUT2D eigenvalue weighted by molar-refractivity contribution is 7.89. The molecule has 0 unspecified atom stereocenters. The molecule has 28 heavy (non-hydrogen) atoms. The number of alkyl halides is 3. The SMILES string of the molecule is Cn1cc(S(=O)(=O)N2CCC(c3cn4ncnc4cc3C(F)(F)F)CC2)nn1. The van der Waals surface area contributed by atoms with Crippen molar-refractivity contribution in [2.75, 3.05) is 13.1 Å². The lowest BCUT2D eigenvalue weighted by Gasteiger charge is -2.31. The van der Waals surface area contributed by atoms with E-state index in [2.05, 4.69) is 20.4 Å². The van der Waals surface area contributed by atoms with E-state index < -0.39 is 27.7 Å². The maximum atomic E-state index is 13.5. The first-order valence-corrected chi connectivity index (χ1v) is 9.87. The Morgan fingerprint density at radius 2 is 1.89 bits per heavy atom. The molecule has 150 valence electrons. The summed E-state index contributed by atoms with van der Waals surface area (Å²) in [6.07, 6.45) is -0.211. The quantitative estimate of drug-likeness (QED) is 0.642. The van der Waals surface area contributed by atoms with Crippen LogP contribution in [0.5, 0.6) is 0 Å². The third kappa shape index (κ3) is 3.24. The van der Waals surface area contributed by atoms with Gasteiger partial charge in [-0.15, -0.1) is 5.10 Å². The van der Waals surface area contributed by atoms with Crippen LogP contribution in [0.15, 0.2) is 29.8 Å². The Morgan fingerprint density at radius 1 is 1.18 bits per heavy atom. The molecule has 1 aliphatic heterocycles. The standard InChI is InChI=1S/C15H16F3N7O2S/c1-23-8-14(21-22-23)28(26,27)24-4-2-10(3-5-24)11-7-25-13(19-9-20-25)6-12(11)15(16,17)18/h6-10H,2-5H2,1H3. The van der Waals surface area contributed by atoms with Gasteiger partial charge in [0.15, 0.2) is 5.65 Å². The van der Waals surface area contributed by atoms with Gasteiger partial charge in [-0.2, -0.15) is 22.6 Å². The molecule has 4 heterocycles. The van der Waals surface area contributed by atoms with E-state index >= 15 is 0 Å². The molecule has 13 heteroatoms. The van der Waals surface area contributed by atoms with Crippen LogP contribution in [-0.4, -0.2) is 55.4 Å². The van der Waals surface area contributed by atoms with Gasteiger partial charge in [0.2, 0.25) is 5.03 Å². The van der Waals surface area contributed by atoms with Gasteiger partial charge in [0, 0.05) is 26.3 Å². The van der Waals surface area contributed by atoms with Gasteiger partial charge < -0.3 is 0 Å². The molecule has 9 nitrogen and oxygen atoms in total. The first-order chi connectivity index (χ1) is 13.2. The van der Waals surface area contributed by atoms with Gasteiger partial charge in [-0.1, -0.05) is 5.21 Å². The topological polar surface area (TPSA) is 98.3 Å². The molecule has 0 spiro atoms. The van der Waals surface area contributed by atoms with E-state index in [1.165, 1.54) is 32.2 Å². The zero-order chi connectivity index (χ0) is 20.1. The lowest BCUT2D eigenvalue weighted by Crippen LogP contribution is -2.38. The minimum absolute atomic E-state index is 0.0935. The number of hydrogen-bond donors (Lipinski definition) is 0. The van der Waals surface area contributed by atoms with Crippen molar-refractivity contribution in [2.45, 2.75) is 30.0 Å². The average molecular weight is 415 g/mol. The number of hydrogen-bond acceptors (Lipinski definition) is 6. The number of rotatable bonds is 3. The molecule has 4 rings (SSSR count). The van der Waals surface area contributed by atoms with Crippen molar-refractivity contribution in [3.8, 4) is 0 Å². The number of halogens is 3. The third-order valence-corrected chi connectivity index (χ3v) is 6.59. The number of aromatic nitrogens is 6. The van der Waals surface area contributed by atoms with E-state index in [0.29, 0.717) is 0 Å². The van der Waals surface area contributed by atoms with E-state index in [1.54, 1.807) is 7.05 Å². The molecule has 0 radical (unpaired) electrons. The first kappa shape index (κ1) is 18.8. The van der Waals surface area contributed by atoms with Crippen molar-refractivity contribution >= 4 is 15.7 Å². The molecule has 3 aromatic heterocycles. The van der Waals surface area contributed by atoms with Crippen molar-refractivity contribution in [2.24, 2.45) is 7.05 Å². The van der Waals surface area contributed by atoms with Crippen LogP contribution in [0, 0.1) is 0 Å². The maximum absolute atomic E-state index is 13.5. The number of pyridine rings is 1. The number of fused-ring (bicyclic) bond motifs is 1. The lowest BCUT2D eigenvalue weighted by atomic mass is 9.88. The smallest absolute Gasteiger partial charge is 0.254 e. The van der Waals surface area contributed by atoms with Crippen LogP contribution in [0.3, 0.4) is 0 Å². The second kappa shape index (κ2) is 6.51. The summed E-state index contributed by atoms with van der Waals surface area (Å²) in [6.45, 7) is 0.187. The normalized spacial score (nSPS) is 17.4. The van der Waals surface area contributed by atoms with Gasteiger partial charge in [0.05, 0.1) is 11.8 Å². The Morgan fingerprint density at radius 3 is 2.50 bits per heavy atom. The maximum Gasteiger partial charge on any atom is 0.416 e. The summed E-state index contributed by atoms with van der Waals surface area (Å²) in [5.74, 6) is -0.446. The van der Waals surface area contributed by atoms with Crippen molar-refractivity contribution in [1.29, 1.82) is 0 Å². The molecule has 1 aliphatic rings. The van der Waals surface area contributed by atoms with E-state index in [1.807, 2.05) is 0 Å². The fourth-order valence-electron chi connectivity index (χ4n) is 3.43. The van der Waals surface area contributed by atoms with Crippen molar-refractivity contribution in [3.63, 3.8) is 0 Å². The molecule has 0 N–H and O–H groups in total. The van der Waals surface area contributed by atoms with Crippen molar-refractivity contribution in [1.82, 2.24) is 33.9 Å². The van der Waals surface area contributed by atoms with Crippen LogP contribution in [0.1, 0.15) is 29.9 Å². The Balaban J connectivity index is 1.60. The summed E-state index contributed by atoms with van der Waals surface area (Å²) in [7, 11) is -2.27. The molecule has 1 fully saturated rings. The van der Waals surface area contributed by atoms with Crippen LogP contribution in [0.25, 0.3) is 5.65 Å². The molecule has 0 aliphatic carbocycles. The average Bonchev–Trinajstić information content (AvgIpc) is 3.28. The van der Waals surface area contributed by atoms with E-state index in [9.17, 15) is 21.6 Å². The summed E-state index contributed by atoms with van der Waals surface area (Å²) in [5, 5.41) is 11.0. The summed E-state index contributed by atoms with van der Waals surface area (Å²) in [6, 6.07) is 0.977. The van der Waals surface area contributed by atoms with E-state index in [-0.39, 0.29) is 42.2 Å². The largest absolute Gasteiger partial charge is 0.416 e. The van der Waals surface area contributed by atoms with Gasteiger partial charge in [0.25, 0.3) is 10.0 Å². The highest BCUT2D eigenvalue weighted by Gasteiger charge is 2.38. The monoisotopic (exact) mass is 415 g/mol. The molecular formula is C15H16F3N7O2S. The number of piperidine rings is 1. The van der Waals surface area contributed by atoms with Crippen LogP contribution < -0.4 is 0 Å². The van der Waals surface area contributed by atoms with Gasteiger partial charge in [0.1, 0.15) is 6.33 Å². The molecule has 0 atom stereocenters. The third-order valence-electron chi connectivity index (χ3n) is 4.83. The second-order valence-electron chi connectivity index (χ2n) is 6.61. The van der Waals surface area contributed by atoms with Gasteiger partial charge in [-0.25, -0.2) is 17.9 Å². The predicted octanol–water partition coefficient (Wildman–Crippen LogP) is 1.44. The van der Waals surface area contributed by atoms with Crippen molar-refractivity contribution < 1.29 is 21.6 Å². The minimum atomic E-state index is -4.54. The molecule has 0 aromatic carbocycles. The lowest BCUT2D eigenvalue weighted by molar-refractivity contribution is -0.138. The van der Waals surface area contributed by atoms with Crippen LogP contribution in [0.2, 0.25) is 0 Å². The fraction of sp³-hybridized carbons (Fsp3) is 0.467. The first-order valence-electron chi connectivity index (χ1n) is 8.43. The zero-order valence-corrected chi connectivity index (χ0v) is 15.5. The van der Waals surface area contributed by atoms with Gasteiger partial charge in [-0.05, 0) is 30.4 Å². The summed E-state index contributed by atoms with van der Waals surface area (Å²) >= 11 is 0. The molecular weight excluding hydrogens is 399 g/mol. The summed E-state index contributed by atoms with van der Waals surface area (Å²) < 4.78 is 69.7. The molecule has 3 aromatic rings. The minimum Gasteiger partial charge on any atom is -0.254 e. The Hall–Kier alpha value is -2.54. The number of sulfonamides is 1. The van der Waals surface area contributed by atoms with E-state index in [0.717, 1.165) is 6.07 Å². The second-order valence-corrected chi connectivity index (χ2v) is 8.50.